The molecule has 1 amide bonds. The van der Waals surface area contributed by atoms with Gasteiger partial charge in [-0.25, -0.2) is 4.79 Å². The molecule has 0 aliphatic rings. The van der Waals surface area contributed by atoms with E-state index in [0.717, 1.165) is 5.56 Å². The summed E-state index contributed by atoms with van der Waals surface area (Å²) in [6.45, 7) is 0. The number of ether oxygens (including phenoxy) is 2. The maximum atomic E-state index is 12.2. The highest BCUT2D eigenvalue weighted by atomic mass is 16.5. The van der Waals surface area contributed by atoms with Crippen LogP contribution in [0.3, 0.4) is 0 Å². The van der Waals surface area contributed by atoms with Crippen LogP contribution in [-0.4, -0.2) is 31.2 Å². The summed E-state index contributed by atoms with van der Waals surface area (Å²) >= 11 is 0. The largest absolute Gasteiger partial charge is 0.493 e. The Labute approximate surface area is 146 Å². The predicted octanol–water partition coefficient (Wildman–Crippen LogP) is 2.58. The average Bonchev–Trinajstić information content (AvgIpc) is 2.64. The van der Waals surface area contributed by atoms with E-state index in [1.807, 2.05) is 6.07 Å². The minimum absolute atomic E-state index is 0.173. The number of carboxylic acids is 1. The molecule has 0 heterocycles. The van der Waals surface area contributed by atoms with Crippen LogP contribution in [0.25, 0.3) is 0 Å². The van der Waals surface area contributed by atoms with Gasteiger partial charge in [0.2, 0.25) is 5.91 Å². The second-order valence-electron chi connectivity index (χ2n) is 5.44. The molecule has 0 aliphatic carbocycles. The molecule has 2 rings (SSSR count). The van der Waals surface area contributed by atoms with Crippen molar-refractivity contribution in [3.63, 3.8) is 0 Å². The summed E-state index contributed by atoms with van der Waals surface area (Å²) in [4.78, 5) is 23.6. The van der Waals surface area contributed by atoms with Gasteiger partial charge in [-0.3, -0.25) is 4.79 Å². The average molecular weight is 343 g/mol. The summed E-state index contributed by atoms with van der Waals surface area (Å²) < 4.78 is 10.4. The Bertz CT molecular complexity index is 730. The van der Waals surface area contributed by atoms with E-state index in [1.54, 1.807) is 56.7 Å². The zero-order valence-electron chi connectivity index (χ0n) is 14.2. The van der Waals surface area contributed by atoms with Crippen molar-refractivity contribution in [2.45, 2.75) is 18.9 Å². The van der Waals surface area contributed by atoms with E-state index in [4.69, 9.17) is 9.47 Å². The fourth-order valence-electron chi connectivity index (χ4n) is 2.46. The molecule has 0 aromatic heterocycles. The summed E-state index contributed by atoms with van der Waals surface area (Å²) in [5, 5.41) is 11.9. The quantitative estimate of drug-likeness (QED) is 0.769. The highest BCUT2D eigenvalue weighted by Crippen LogP contribution is 2.28. The Morgan fingerprint density at radius 2 is 1.72 bits per heavy atom. The number of amides is 1. The molecule has 2 N–H and O–H groups in total. The van der Waals surface area contributed by atoms with Crippen LogP contribution < -0.4 is 14.8 Å². The molecule has 2 aromatic carbocycles. The molecule has 0 radical (unpaired) electrons. The molecule has 1 atom stereocenters. The van der Waals surface area contributed by atoms with Gasteiger partial charge in [0.05, 0.1) is 14.2 Å². The number of aliphatic carboxylic acids is 1. The number of nitrogens with one attached hydrogen (secondary N) is 1. The first-order chi connectivity index (χ1) is 12.0. The van der Waals surface area contributed by atoms with Crippen molar-refractivity contribution in [2.75, 3.05) is 14.2 Å². The van der Waals surface area contributed by atoms with Crippen LogP contribution >= 0.6 is 0 Å². The molecule has 6 heteroatoms. The van der Waals surface area contributed by atoms with Gasteiger partial charge in [0, 0.05) is 6.42 Å². The number of aryl methyl sites for hydroxylation is 1. The van der Waals surface area contributed by atoms with Crippen molar-refractivity contribution in [2.24, 2.45) is 0 Å². The zero-order valence-corrected chi connectivity index (χ0v) is 14.2. The first-order valence-electron chi connectivity index (χ1n) is 7.83. The molecule has 0 fully saturated rings. The molecule has 25 heavy (non-hydrogen) atoms. The smallest absolute Gasteiger partial charge is 0.330 e. The van der Waals surface area contributed by atoms with Crippen molar-refractivity contribution >= 4 is 11.9 Å². The Morgan fingerprint density at radius 3 is 2.32 bits per heavy atom. The monoisotopic (exact) mass is 343 g/mol. The third-order valence-corrected chi connectivity index (χ3v) is 3.77. The molecule has 0 unspecified atom stereocenters. The second kappa shape index (κ2) is 8.73. The van der Waals surface area contributed by atoms with Gasteiger partial charge >= 0.3 is 5.97 Å². The number of hydrogen-bond donors (Lipinski definition) is 2. The van der Waals surface area contributed by atoms with Gasteiger partial charge in [-0.15, -0.1) is 0 Å². The standard InChI is InChI=1S/C19H21NO5/c1-24-15-10-8-13(12-16(15)25-2)9-11-17(21)20-18(19(22)23)14-6-4-3-5-7-14/h3-8,10,12,18H,9,11H2,1-2H3,(H,20,21)(H,22,23)/t18-/m1/s1. The van der Waals surface area contributed by atoms with Crippen molar-refractivity contribution in [3.8, 4) is 11.5 Å². The Kier molecular flexibility index (Phi) is 6.39. The fraction of sp³-hybridized carbons (Fsp3) is 0.263. The van der Waals surface area contributed by atoms with E-state index in [2.05, 4.69) is 5.32 Å². The summed E-state index contributed by atoms with van der Waals surface area (Å²) in [5.41, 5.74) is 1.44. The Morgan fingerprint density at radius 1 is 1.04 bits per heavy atom. The molecule has 0 saturated carbocycles. The maximum Gasteiger partial charge on any atom is 0.330 e. The van der Waals surface area contributed by atoms with Crippen molar-refractivity contribution in [1.29, 1.82) is 0 Å². The Hall–Kier alpha value is -3.02. The minimum Gasteiger partial charge on any atom is -0.493 e. The van der Waals surface area contributed by atoms with Crippen LogP contribution in [0.1, 0.15) is 23.6 Å². The highest BCUT2D eigenvalue weighted by Gasteiger charge is 2.21. The number of carbonyl (C=O) groups excluding carboxylic acids is 1. The maximum absolute atomic E-state index is 12.2. The van der Waals surface area contributed by atoms with Crippen LogP contribution in [0.5, 0.6) is 11.5 Å². The molecule has 0 saturated heterocycles. The molecular weight excluding hydrogens is 322 g/mol. The summed E-state index contributed by atoms with van der Waals surface area (Å²) in [6, 6.07) is 13.0. The van der Waals surface area contributed by atoms with Crippen molar-refractivity contribution < 1.29 is 24.2 Å². The topological polar surface area (TPSA) is 84.9 Å². The SMILES string of the molecule is COc1ccc(CCC(=O)N[C@@H](C(=O)O)c2ccccc2)cc1OC. The summed E-state index contributed by atoms with van der Waals surface area (Å²) in [7, 11) is 3.10. The number of rotatable bonds is 8. The van der Waals surface area contributed by atoms with Crippen molar-refractivity contribution in [3.05, 3.63) is 59.7 Å². The van der Waals surface area contributed by atoms with Crippen LogP contribution in [0.2, 0.25) is 0 Å². The number of carbonyl (C=O) groups is 2. The first-order valence-corrected chi connectivity index (χ1v) is 7.83. The van der Waals surface area contributed by atoms with Gasteiger partial charge in [0.1, 0.15) is 0 Å². The second-order valence-corrected chi connectivity index (χ2v) is 5.44. The van der Waals surface area contributed by atoms with E-state index in [1.165, 1.54) is 0 Å². The minimum atomic E-state index is -1.09. The lowest BCUT2D eigenvalue weighted by Crippen LogP contribution is -2.33. The van der Waals surface area contributed by atoms with Gasteiger partial charge in [-0.05, 0) is 29.7 Å². The third-order valence-electron chi connectivity index (χ3n) is 3.77. The van der Waals surface area contributed by atoms with Crippen molar-refractivity contribution in [1.82, 2.24) is 5.32 Å². The predicted molar refractivity (Wildman–Crippen MR) is 92.8 cm³/mol. The molecule has 0 aliphatic heterocycles. The lowest BCUT2D eigenvalue weighted by Gasteiger charge is -2.15. The zero-order chi connectivity index (χ0) is 18.2. The van der Waals surface area contributed by atoms with E-state index >= 15 is 0 Å². The molecular formula is C19H21NO5. The number of benzene rings is 2. The number of hydrogen-bond acceptors (Lipinski definition) is 4. The van der Waals surface area contributed by atoms with Gasteiger partial charge in [0.25, 0.3) is 0 Å². The van der Waals surface area contributed by atoms with Crippen LogP contribution in [0.4, 0.5) is 0 Å². The normalized spacial score (nSPS) is 11.4. The van der Waals surface area contributed by atoms with Crippen LogP contribution in [-0.2, 0) is 16.0 Å². The van der Waals surface area contributed by atoms with E-state index in [9.17, 15) is 14.7 Å². The van der Waals surface area contributed by atoms with Gasteiger partial charge in [-0.1, -0.05) is 36.4 Å². The fourth-order valence-corrected chi connectivity index (χ4v) is 2.46. The van der Waals surface area contributed by atoms with Crippen LogP contribution in [0.15, 0.2) is 48.5 Å². The number of methoxy groups -OCH3 is 2. The summed E-state index contributed by atoms with van der Waals surface area (Å²) in [5.74, 6) is -0.212. The van der Waals surface area contributed by atoms with E-state index in [0.29, 0.717) is 23.5 Å². The first kappa shape index (κ1) is 18.3. The van der Waals surface area contributed by atoms with E-state index in [-0.39, 0.29) is 12.3 Å². The Balaban J connectivity index is 1.99. The lowest BCUT2D eigenvalue weighted by molar-refractivity contribution is -0.142. The highest BCUT2D eigenvalue weighted by molar-refractivity contribution is 5.84. The van der Waals surface area contributed by atoms with Crippen LogP contribution in [0, 0.1) is 0 Å². The van der Waals surface area contributed by atoms with Gasteiger partial charge in [0.15, 0.2) is 17.5 Å². The molecule has 0 bridgehead atoms. The van der Waals surface area contributed by atoms with Gasteiger partial charge in [-0.2, -0.15) is 0 Å². The van der Waals surface area contributed by atoms with E-state index < -0.39 is 12.0 Å². The van der Waals surface area contributed by atoms with Gasteiger partial charge < -0.3 is 19.9 Å². The third kappa shape index (κ3) is 4.97. The molecule has 132 valence electrons. The molecule has 2 aromatic rings. The molecule has 6 nitrogen and oxygen atoms in total. The number of carboxylic acid groups (broad SMARTS) is 1. The summed E-state index contributed by atoms with van der Waals surface area (Å²) in [6.07, 6.45) is 0.638. The molecule has 0 spiro atoms. The lowest BCUT2D eigenvalue weighted by atomic mass is 10.1.